The lowest BCUT2D eigenvalue weighted by atomic mass is 9.83. The van der Waals surface area contributed by atoms with Crippen molar-refractivity contribution in [3.63, 3.8) is 0 Å². The molecule has 0 atom stereocenters. The Labute approximate surface area is 92.5 Å². The Hall–Kier alpha value is -0.570. The Balaban J connectivity index is 2.34. The number of carboxylic acid groups (broad SMARTS) is 1. The van der Waals surface area contributed by atoms with E-state index in [1.165, 1.54) is 0 Å². The van der Waals surface area contributed by atoms with Crippen LogP contribution in [0, 0.1) is 11.8 Å². The fourth-order valence-corrected chi connectivity index (χ4v) is 2.00. The SMILES string of the molecule is CC(C)C1CN(C(C)(C)CCC(=O)O)C1. The Bertz CT molecular complexity index is 230. The molecule has 0 unspecified atom stereocenters. The van der Waals surface area contributed by atoms with Gasteiger partial charge in [0.1, 0.15) is 0 Å². The molecule has 1 N–H and O–H groups in total. The number of rotatable bonds is 5. The average molecular weight is 213 g/mol. The summed E-state index contributed by atoms with van der Waals surface area (Å²) >= 11 is 0. The predicted molar refractivity (Wildman–Crippen MR) is 60.8 cm³/mol. The van der Waals surface area contributed by atoms with E-state index < -0.39 is 5.97 Å². The van der Waals surface area contributed by atoms with E-state index in [0.717, 1.165) is 31.3 Å². The van der Waals surface area contributed by atoms with Crippen LogP contribution >= 0.6 is 0 Å². The number of hydrogen-bond donors (Lipinski definition) is 1. The lowest BCUT2D eigenvalue weighted by Crippen LogP contribution is -2.58. The van der Waals surface area contributed by atoms with Gasteiger partial charge in [-0.05, 0) is 32.1 Å². The zero-order valence-electron chi connectivity index (χ0n) is 10.3. The molecule has 1 saturated heterocycles. The summed E-state index contributed by atoms with van der Waals surface area (Å²) in [6.45, 7) is 11.1. The van der Waals surface area contributed by atoms with Crippen LogP contribution in [0.4, 0.5) is 0 Å². The molecule has 0 aromatic rings. The van der Waals surface area contributed by atoms with E-state index >= 15 is 0 Å². The summed E-state index contributed by atoms with van der Waals surface area (Å²) in [4.78, 5) is 12.9. The minimum absolute atomic E-state index is 0.0454. The van der Waals surface area contributed by atoms with Gasteiger partial charge < -0.3 is 5.11 Å². The van der Waals surface area contributed by atoms with E-state index in [2.05, 4.69) is 32.6 Å². The fourth-order valence-electron chi connectivity index (χ4n) is 2.00. The van der Waals surface area contributed by atoms with Crippen LogP contribution in [0.3, 0.4) is 0 Å². The summed E-state index contributed by atoms with van der Waals surface area (Å²) in [5.41, 5.74) is 0.0454. The largest absolute Gasteiger partial charge is 0.481 e. The number of carboxylic acids is 1. The molecule has 1 aliphatic heterocycles. The van der Waals surface area contributed by atoms with Crippen LogP contribution in [0.1, 0.15) is 40.5 Å². The van der Waals surface area contributed by atoms with Crippen LogP contribution in [0.5, 0.6) is 0 Å². The third-order valence-corrected chi connectivity index (χ3v) is 3.66. The standard InChI is InChI=1S/C12H23NO2/c1-9(2)10-7-13(8-10)12(3,4)6-5-11(14)15/h9-10H,5-8H2,1-4H3,(H,14,15). The van der Waals surface area contributed by atoms with E-state index in [-0.39, 0.29) is 12.0 Å². The van der Waals surface area contributed by atoms with E-state index in [1.807, 2.05) is 0 Å². The zero-order valence-corrected chi connectivity index (χ0v) is 10.3. The molecule has 88 valence electrons. The maximum atomic E-state index is 10.5. The quantitative estimate of drug-likeness (QED) is 0.761. The van der Waals surface area contributed by atoms with Gasteiger partial charge in [-0.2, -0.15) is 0 Å². The molecule has 0 radical (unpaired) electrons. The van der Waals surface area contributed by atoms with Crippen LogP contribution in [-0.2, 0) is 4.79 Å². The molecular formula is C12H23NO2. The van der Waals surface area contributed by atoms with Crippen molar-refractivity contribution in [3.8, 4) is 0 Å². The minimum Gasteiger partial charge on any atom is -0.481 e. The Morgan fingerprint density at radius 1 is 1.47 bits per heavy atom. The number of aliphatic carboxylic acids is 1. The van der Waals surface area contributed by atoms with Gasteiger partial charge in [-0.1, -0.05) is 13.8 Å². The molecule has 15 heavy (non-hydrogen) atoms. The zero-order chi connectivity index (χ0) is 11.6. The van der Waals surface area contributed by atoms with Crippen molar-refractivity contribution in [2.75, 3.05) is 13.1 Å². The minimum atomic E-state index is -0.691. The molecule has 3 heteroatoms. The molecule has 1 aliphatic rings. The normalized spacial score (nSPS) is 19.3. The van der Waals surface area contributed by atoms with Crippen LogP contribution in [0.15, 0.2) is 0 Å². The second-order valence-electron chi connectivity index (χ2n) is 5.62. The molecule has 0 aromatic heterocycles. The molecular weight excluding hydrogens is 190 g/mol. The summed E-state index contributed by atoms with van der Waals surface area (Å²) in [7, 11) is 0. The number of hydrogen-bond acceptors (Lipinski definition) is 2. The summed E-state index contributed by atoms with van der Waals surface area (Å²) < 4.78 is 0. The second-order valence-corrected chi connectivity index (χ2v) is 5.62. The van der Waals surface area contributed by atoms with E-state index in [9.17, 15) is 4.79 Å². The Morgan fingerprint density at radius 3 is 2.40 bits per heavy atom. The maximum Gasteiger partial charge on any atom is 0.303 e. The van der Waals surface area contributed by atoms with Crippen molar-refractivity contribution in [2.45, 2.75) is 46.1 Å². The number of carbonyl (C=O) groups is 1. The average Bonchev–Trinajstić information content (AvgIpc) is 1.96. The molecule has 0 amide bonds. The summed E-state index contributed by atoms with van der Waals surface area (Å²) in [6, 6.07) is 0. The van der Waals surface area contributed by atoms with Crippen molar-refractivity contribution in [2.24, 2.45) is 11.8 Å². The molecule has 1 fully saturated rings. The molecule has 1 heterocycles. The Morgan fingerprint density at radius 2 is 2.00 bits per heavy atom. The van der Waals surface area contributed by atoms with Gasteiger partial charge in [0.2, 0.25) is 0 Å². The van der Waals surface area contributed by atoms with Crippen molar-refractivity contribution in [1.29, 1.82) is 0 Å². The molecule has 0 saturated carbocycles. The van der Waals surface area contributed by atoms with Gasteiger partial charge in [-0.25, -0.2) is 0 Å². The first-order valence-electron chi connectivity index (χ1n) is 5.80. The monoisotopic (exact) mass is 213 g/mol. The van der Waals surface area contributed by atoms with Gasteiger partial charge in [-0.3, -0.25) is 9.69 Å². The van der Waals surface area contributed by atoms with Gasteiger partial charge >= 0.3 is 5.97 Å². The van der Waals surface area contributed by atoms with Crippen molar-refractivity contribution in [1.82, 2.24) is 4.90 Å². The van der Waals surface area contributed by atoms with Crippen molar-refractivity contribution in [3.05, 3.63) is 0 Å². The van der Waals surface area contributed by atoms with E-state index in [4.69, 9.17) is 5.11 Å². The van der Waals surface area contributed by atoms with Gasteiger partial charge in [0.05, 0.1) is 0 Å². The first kappa shape index (κ1) is 12.5. The number of likely N-dealkylation sites (tertiary alicyclic amines) is 1. The van der Waals surface area contributed by atoms with Gasteiger partial charge in [0, 0.05) is 25.0 Å². The van der Waals surface area contributed by atoms with Gasteiger partial charge in [0.25, 0.3) is 0 Å². The first-order valence-corrected chi connectivity index (χ1v) is 5.80. The van der Waals surface area contributed by atoms with Crippen LogP contribution in [0.2, 0.25) is 0 Å². The summed E-state index contributed by atoms with van der Waals surface area (Å²) in [6.07, 6.45) is 1.02. The highest BCUT2D eigenvalue weighted by Crippen LogP contribution is 2.32. The highest BCUT2D eigenvalue weighted by atomic mass is 16.4. The van der Waals surface area contributed by atoms with Gasteiger partial charge in [0.15, 0.2) is 0 Å². The van der Waals surface area contributed by atoms with Crippen molar-refractivity contribution >= 4 is 5.97 Å². The highest BCUT2D eigenvalue weighted by Gasteiger charge is 2.38. The summed E-state index contributed by atoms with van der Waals surface area (Å²) in [5.74, 6) is 0.856. The second kappa shape index (κ2) is 4.52. The Kier molecular flexibility index (Phi) is 3.77. The third-order valence-electron chi connectivity index (χ3n) is 3.66. The molecule has 0 spiro atoms. The van der Waals surface area contributed by atoms with Gasteiger partial charge in [-0.15, -0.1) is 0 Å². The molecule has 0 bridgehead atoms. The van der Waals surface area contributed by atoms with Crippen LogP contribution in [0.25, 0.3) is 0 Å². The van der Waals surface area contributed by atoms with Crippen molar-refractivity contribution < 1.29 is 9.90 Å². The first-order chi connectivity index (χ1) is 6.83. The van der Waals surface area contributed by atoms with Crippen LogP contribution < -0.4 is 0 Å². The maximum absolute atomic E-state index is 10.5. The van der Waals surface area contributed by atoms with E-state index in [1.54, 1.807) is 0 Å². The van der Waals surface area contributed by atoms with Crippen LogP contribution in [-0.4, -0.2) is 34.6 Å². The molecule has 0 aliphatic carbocycles. The predicted octanol–water partition coefficient (Wildman–Crippen LogP) is 2.22. The highest BCUT2D eigenvalue weighted by molar-refractivity contribution is 5.66. The smallest absolute Gasteiger partial charge is 0.303 e. The fraction of sp³-hybridized carbons (Fsp3) is 0.917. The van der Waals surface area contributed by atoms with E-state index in [0.29, 0.717) is 0 Å². The molecule has 3 nitrogen and oxygen atoms in total. The summed E-state index contributed by atoms with van der Waals surface area (Å²) in [5, 5.41) is 8.67. The number of nitrogens with zero attached hydrogens (tertiary/aromatic N) is 1. The lowest BCUT2D eigenvalue weighted by molar-refractivity contribution is -0.138. The lowest BCUT2D eigenvalue weighted by Gasteiger charge is -2.50. The third kappa shape index (κ3) is 3.20. The topological polar surface area (TPSA) is 40.5 Å². The molecule has 0 aromatic carbocycles. The molecule has 1 rings (SSSR count).